The maximum absolute atomic E-state index is 11.5. The summed E-state index contributed by atoms with van der Waals surface area (Å²) >= 11 is 0. The van der Waals surface area contributed by atoms with Crippen LogP contribution in [0.4, 0.5) is 0 Å². The van der Waals surface area contributed by atoms with Crippen molar-refractivity contribution in [2.75, 3.05) is 6.61 Å². The first-order valence-electron chi connectivity index (χ1n) is 5.08. The van der Waals surface area contributed by atoms with Crippen molar-refractivity contribution in [2.45, 2.75) is 6.42 Å². The Bertz CT molecular complexity index is 531. The minimum Gasteiger partial charge on any atom is -0.493 e. The lowest BCUT2D eigenvalue weighted by atomic mass is 9.98. The third-order valence-electron chi connectivity index (χ3n) is 2.79. The highest BCUT2D eigenvalue weighted by atomic mass is 16.5. The molecule has 1 aromatic rings. The van der Waals surface area contributed by atoms with Crippen LogP contribution in [0.3, 0.4) is 0 Å². The molecular weight excluding hydrogens is 206 g/mol. The first-order valence-corrected chi connectivity index (χ1v) is 5.08. The van der Waals surface area contributed by atoms with Gasteiger partial charge in [-0.3, -0.25) is 14.9 Å². The smallest absolute Gasteiger partial charge is 0.258 e. The Balaban J connectivity index is 2.14. The summed E-state index contributed by atoms with van der Waals surface area (Å²) in [6, 6.07) is 5.55. The lowest BCUT2D eigenvalue weighted by molar-refractivity contribution is -0.123. The van der Waals surface area contributed by atoms with Crippen LogP contribution in [-0.4, -0.2) is 18.4 Å². The standard InChI is InChI=1S/C12H9NO3/c14-11-6-9(12(15)13-11)7-2-1-3-10-8(7)4-5-16-10/h1-3,6H,4-5H2,(H,13,14,15). The molecule has 0 fully saturated rings. The molecule has 16 heavy (non-hydrogen) atoms. The highest BCUT2D eigenvalue weighted by Gasteiger charge is 2.26. The number of amides is 2. The van der Waals surface area contributed by atoms with E-state index in [0.717, 1.165) is 23.3 Å². The number of benzene rings is 1. The van der Waals surface area contributed by atoms with Crippen LogP contribution in [0.2, 0.25) is 0 Å². The first-order chi connectivity index (χ1) is 7.75. The largest absolute Gasteiger partial charge is 0.493 e. The molecule has 2 heterocycles. The number of carbonyl (C=O) groups is 2. The Labute approximate surface area is 91.9 Å². The molecule has 2 aliphatic rings. The fraction of sp³-hybridized carbons (Fsp3) is 0.167. The average molecular weight is 215 g/mol. The summed E-state index contributed by atoms with van der Waals surface area (Å²) in [6.45, 7) is 0.634. The van der Waals surface area contributed by atoms with E-state index in [4.69, 9.17) is 4.74 Å². The highest BCUT2D eigenvalue weighted by molar-refractivity contribution is 6.33. The van der Waals surface area contributed by atoms with Crippen molar-refractivity contribution in [2.24, 2.45) is 0 Å². The Morgan fingerprint density at radius 1 is 1.25 bits per heavy atom. The quantitative estimate of drug-likeness (QED) is 0.700. The first kappa shape index (κ1) is 9.15. The summed E-state index contributed by atoms with van der Waals surface area (Å²) in [6.07, 6.45) is 2.13. The van der Waals surface area contributed by atoms with Crippen molar-refractivity contribution in [3.8, 4) is 5.75 Å². The maximum atomic E-state index is 11.5. The van der Waals surface area contributed by atoms with E-state index in [9.17, 15) is 9.59 Å². The zero-order valence-corrected chi connectivity index (χ0v) is 8.45. The van der Waals surface area contributed by atoms with Crippen molar-refractivity contribution in [3.63, 3.8) is 0 Å². The molecule has 4 nitrogen and oxygen atoms in total. The summed E-state index contributed by atoms with van der Waals surface area (Å²) < 4.78 is 5.42. The van der Waals surface area contributed by atoms with Gasteiger partial charge >= 0.3 is 0 Å². The Hall–Kier alpha value is -2.10. The van der Waals surface area contributed by atoms with Gasteiger partial charge in [-0.15, -0.1) is 0 Å². The van der Waals surface area contributed by atoms with E-state index in [-0.39, 0.29) is 11.8 Å². The van der Waals surface area contributed by atoms with Gasteiger partial charge in [0.15, 0.2) is 0 Å². The topological polar surface area (TPSA) is 55.4 Å². The van der Waals surface area contributed by atoms with Crippen LogP contribution in [0, 0.1) is 0 Å². The second-order valence-corrected chi connectivity index (χ2v) is 3.76. The van der Waals surface area contributed by atoms with E-state index >= 15 is 0 Å². The van der Waals surface area contributed by atoms with Gasteiger partial charge in [0.2, 0.25) is 0 Å². The van der Waals surface area contributed by atoms with E-state index in [2.05, 4.69) is 5.32 Å². The molecule has 80 valence electrons. The molecule has 0 unspecified atom stereocenters. The molecule has 0 aliphatic carbocycles. The average Bonchev–Trinajstić information content (AvgIpc) is 2.84. The molecule has 1 aromatic carbocycles. The summed E-state index contributed by atoms with van der Waals surface area (Å²) in [5, 5.41) is 2.25. The number of nitrogens with one attached hydrogen (secondary N) is 1. The van der Waals surface area contributed by atoms with Gasteiger partial charge in [0.25, 0.3) is 11.8 Å². The Morgan fingerprint density at radius 2 is 2.12 bits per heavy atom. The fourth-order valence-electron chi connectivity index (χ4n) is 2.09. The molecule has 0 bridgehead atoms. The maximum Gasteiger partial charge on any atom is 0.258 e. The highest BCUT2D eigenvalue weighted by Crippen LogP contribution is 2.32. The van der Waals surface area contributed by atoms with Crippen molar-refractivity contribution < 1.29 is 14.3 Å². The van der Waals surface area contributed by atoms with Crippen LogP contribution < -0.4 is 10.1 Å². The van der Waals surface area contributed by atoms with Crippen molar-refractivity contribution >= 4 is 17.4 Å². The zero-order chi connectivity index (χ0) is 11.1. The van der Waals surface area contributed by atoms with E-state index in [1.165, 1.54) is 6.08 Å². The molecule has 1 N–H and O–H groups in total. The number of hydrogen-bond donors (Lipinski definition) is 1. The Morgan fingerprint density at radius 3 is 2.88 bits per heavy atom. The molecule has 2 amide bonds. The number of ether oxygens (including phenoxy) is 1. The normalized spacial score (nSPS) is 17.9. The minimum atomic E-state index is -0.350. The van der Waals surface area contributed by atoms with Gasteiger partial charge < -0.3 is 4.74 Å². The summed E-state index contributed by atoms with van der Waals surface area (Å²) in [5.74, 6) is 0.132. The molecule has 0 aromatic heterocycles. The lowest BCUT2D eigenvalue weighted by Crippen LogP contribution is -2.21. The van der Waals surface area contributed by atoms with Gasteiger partial charge in [-0.2, -0.15) is 0 Å². The van der Waals surface area contributed by atoms with Crippen LogP contribution in [0.25, 0.3) is 5.57 Å². The summed E-state index contributed by atoms with van der Waals surface area (Å²) in [7, 11) is 0. The SMILES string of the molecule is O=C1C=C(c2cccc3c2CCO3)C(=O)N1. The van der Waals surface area contributed by atoms with Crippen LogP contribution in [-0.2, 0) is 16.0 Å². The predicted octanol–water partition coefficient (Wildman–Crippen LogP) is 0.661. The zero-order valence-electron chi connectivity index (χ0n) is 8.45. The minimum absolute atomic E-state index is 0.328. The number of imide groups is 1. The van der Waals surface area contributed by atoms with Crippen molar-refractivity contribution in [3.05, 3.63) is 35.4 Å². The molecule has 2 aliphatic heterocycles. The van der Waals surface area contributed by atoms with Gasteiger partial charge in [-0.05, 0) is 11.6 Å². The van der Waals surface area contributed by atoms with E-state index < -0.39 is 0 Å². The van der Waals surface area contributed by atoms with Crippen LogP contribution in [0.1, 0.15) is 11.1 Å². The second kappa shape index (κ2) is 3.20. The third-order valence-corrected chi connectivity index (χ3v) is 2.79. The van der Waals surface area contributed by atoms with Gasteiger partial charge in [0.05, 0.1) is 12.2 Å². The van der Waals surface area contributed by atoms with E-state index in [1.54, 1.807) is 0 Å². The van der Waals surface area contributed by atoms with E-state index in [0.29, 0.717) is 12.2 Å². The van der Waals surface area contributed by atoms with E-state index in [1.807, 2.05) is 18.2 Å². The summed E-state index contributed by atoms with van der Waals surface area (Å²) in [4.78, 5) is 22.6. The second-order valence-electron chi connectivity index (χ2n) is 3.76. The van der Waals surface area contributed by atoms with Crippen LogP contribution >= 0.6 is 0 Å². The van der Waals surface area contributed by atoms with Crippen LogP contribution in [0.5, 0.6) is 5.75 Å². The molecule has 4 heteroatoms. The fourth-order valence-corrected chi connectivity index (χ4v) is 2.09. The van der Waals surface area contributed by atoms with Gasteiger partial charge in [0, 0.05) is 18.1 Å². The monoisotopic (exact) mass is 215 g/mol. The molecule has 0 atom stereocenters. The number of carbonyl (C=O) groups excluding carboxylic acids is 2. The molecule has 0 spiro atoms. The molecule has 0 saturated heterocycles. The van der Waals surface area contributed by atoms with Crippen molar-refractivity contribution in [1.29, 1.82) is 0 Å². The Kier molecular flexibility index (Phi) is 1.83. The molecule has 3 rings (SSSR count). The third kappa shape index (κ3) is 1.23. The van der Waals surface area contributed by atoms with Gasteiger partial charge in [-0.25, -0.2) is 0 Å². The molecular formula is C12H9NO3. The van der Waals surface area contributed by atoms with Gasteiger partial charge in [0.1, 0.15) is 5.75 Å². The lowest BCUT2D eigenvalue weighted by Gasteiger charge is -2.05. The summed E-state index contributed by atoms with van der Waals surface area (Å²) in [5.41, 5.74) is 2.25. The predicted molar refractivity (Wildman–Crippen MR) is 56.8 cm³/mol. The number of hydrogen-bond acceptors (Lipinski definition) is 3. The van der Waals surface area contributed by atoms with Gasteiger partial charge in [-0.1, -0.05) is 12.1 Å². The molecule has 0 radical (unpaired) electrons. The molecule has 0 saturated carbocycles. The van der Waals surface area contributed by atoms with Crippen LogP contribution in [0.15, 0.2) is 24.3 Å². The number of rotatable bonds is 1. The number of fused-ring (bicyclic) bond motifs is 1. The van der Waals surface area contributed by atoms with Crippen molar-refractivity contribution in [1.82, 2.24) is 5.32 Å².